The summed E-state index contributed by atoms with van der Waals surface area (Å²) in [7, 11) is -1.52. The highest BCUT2D eigenvalue weighted by Crippen LogP contribution is 2.38. The highest BCUT2D eigenvalue weighted by molar-refractivity contribution is 7.73. The summed E-state index contributed by atoms with van der Waals surface area (Å²) in [6.07, 6.45) is -0.507. The van der Waals surface area contributed by atoms with Crippen LogP contribution in [-0.2, 0) is 0 Å². The van der Waals surface area contributed by atoms with Gasteiger partial charge in [-0.2, -0.15) is 0 Å². The Labute approximate surface area is 193 Å². The fourth-order valence-corrected chi connectivity index (χ4v) is 8.57. The molecular weight excluding hydrogens is 430 g/mol. The summed E-state index contributed by atoms with van der Waals surface area (Å²) >= 11 is 0. The van der Waals surface area contributed by atoms with Crippen LogP contribution in [0.4, 0.5) is 0 Å². The van der Waals surface area contributed by atoms with Crippen LogP contribution in [0, 0.1) is 0 Å². The topological polar surface area (TPSA) is 40.5 Å². The highest BCUT2D eigenvalue weighted by Gasteiger charge is 2.27. The summed E-state index contributed by atoms with van der Waals surface area (Å²) in [5.41, 5.74) is 0. The number of aliphatic hydroxyl groups excluding tert-OH is 2. The van der Waals surface area contributed by atoms with Gasteiger partial charge in [-0.15, -0.1) is 0 Å². The van der Waals surface area contributed by atoms with Crippen LogP contribution in [-0.4, -0.2) is 34.7 Å². The van der Waals surface area contributed by atoms with E-state index in [4.69, 9.17) is 0 Å². The average molecular weight is 458 g/mol. The number of aliphatic hydroxyl groups is 2. The number of hydrogen-bond donors (Lipinski definition) is 2. The first-order valence-electron chi connectivity index (χ1n) is 10.8. The molecule has 4 heteroatoms. The van der Waals surface area contributed by atoms with Crippen molar-refractivity contribution < 1.29 is 10.2 Å². The molecule has 162 valence electrons. The summed E-state index contributed by atoms with van der Waals surface area (Å²) in [4.78, 5) is 0. The van der Waals surface area contributed by atoms with Crippen molar-refractivity contribution in [3.8, 4) is 0 Å². The van der Waals surface area contributed by atoms with Crippen molar-refractivity contribution in [2.45, 2.75) is 12.2 Å². The number of hydrogen-bond acceptors (Lipinski definition) is 2. The van der Waals surface area contributed by atoms with Crippen LogP contribution in [0.2, 0.25) is 0 Å². The maximum atomic E-state index is 11.1. The van der Waals surface area contributed by atoms with Crippen molar-refractivity contribution in [2.24, 2.45) is 0 Å². The fraction of sp³-hybridized carbons (Fsp3) is 0.143. The van der Waals surface area contributed by atoms with Gasteiger partial charge in [0.15, 0.2) is 0 Å². The summed E-state index contributed by atoms with van der Waals surface area (Å²) in [6, 6.07) is 41.4. The van der Waals surface area contributed by atoms with E-state index in [1.54, 1.807) is 0 Å². The summed E-state index contributed by atoms with van der Waals surface area (Å²) in [5.74, 6) is 0. The van der Waals surface area contributed by atoms with Crippen molar-refractivity contribution in [1.82, 2.24) is 0 Å². The van der Waals surface area contributed by atoms with Crippen molar-refractivity contribution >= 4 is 37.1 Å². The van der Waals surface area contributed by atoms with Crippen LogP contribution in [0.3, 0.4) is 0 Å². The normalized spacial score (nSPS) is 13.2. The monoisotopic (exact) mass is 458 g/mol. The second-order valence-corrected chi connectivity index (χ2v) is 12.2. The summed E-state index contributed by atoms with van der Waals surface area (Å²) in [5, 5.41) is 27.1. The lowest BCUT2D eigenvalue weighted by Crippen LogP contribution is -2.35. The molecule has 32 heavy (non-hydrogen) atoms. The molecule has 0 unspecified atom stereocenters. The Bertz CT molecular complexity index is 892. The highest BCUT2D eigenvalue weighted by atomic mass is 31.1. The molecule has 0 saturated carbocycles. The minimum atomic E-state index is -0.793. The molecule has 0 heterocycles. The van der Waals surface area contributed by atoms with Gasteiger partial charge in [0, 0.05) is 12.3 Å². The molecule has 0 aliphatic heterocycles. The summed E-state index contributed by atoms with van der Waals surface area (Å²) in [6.45, 7) is 0. The lowest BCUT2D eigenvalue weighted by molar-refractivity contribution is 0.0490. The van der Waals surface area contributed by atoms with Gasteiger partial charge in [0.1, 0.15) is 0 Å². The molecule has 4 aromatic rings. The lowest BCUT2D eigenvalue weighted by Gasteiger charge is -2.28. The fourth-order valence-electron chi connectivity index (χ4n) is 3.77. The van der Waals surface area contributed by atoms with Crippen LogP contribution < -0.4 is 21.2 Å². The van der Waals surface area contributed by atoms with Crippen LogP contribution in [0.15, 0.2) is 121 Å². The van der Waals surface area contributed by atoms with Crippen LogP contribution >= 0.6 is 15.8 Å². The minimum absolute atomic E-state index is 0.539. The molecule has 2 N–H and O–H groups in total. The maximum Gasteiger partial charge on any atom is 0.0847 e. The molecule has 2 atom stereocenters. The zero-order chi connectivity index (χ0) is 22.2. The first kappa shape index (κ1) is 22.8. The van der Waals surface area contributed by atoms with Gasteiger partial charge in [0.05, 0.1) is 12.2 Å². The molecular formula is C28H28O2P2. The van der Waals surface area contributed by atoms with E-state index in [1.165, 1.54) is 21.2 Å². The molecule has 4 aromatic carbocycles. The van der Waals surface area contributed by atoms with Crippen molar-refractivity contribution in [3.63, 3.8) is 0 Å². The van der Waals surface area contributed by atoms with Crippen molar-refractivity contribution in [3.05, 3.63) is 121 Å². The molecule has 4 rings (SSSR count). The molecule has 0 spiro atoms. The van der Waals surface area contributed by atoms with Gasteiger partial charge in [0.2, 0.25) is 0 Å². The molecule has 0 bridgehead atoms. The number of benzene rings is 4. The molecule has 0 amide bonds. The van der Waals surface area contributed by atoms with Gasteiger partial charge in [-0.05, 0) is 37.1 Å². The lowest BCUT2D eigenvalue weighted by atomic mass is 10.3. The average Bonchev–Trinajstić information content (AvgIpc) is 2.87. The summed E-state index contributed by atoms with van der Waals surface area (Å²) < 4.78 is 0. The molecule has 0 aliphatic carbocycles. The molecule has 2 nitrogen and oxygen atoms in total. The Kier molecular flexibility index (Phi) is 8.21. The Morgan fingerprint density at radius 3 is 0.844 bits per heavy atom. The minimum Gasteiger partial charge on any atom is -0.390 e. The largest absolute Gasteiger partial charge is 0.390 e. The molecule has 0 aromatic heterocycles. The quantitative estimate of drug-likeness (QED) is 0.373. The second kappa shape index (κ2) is 11.5. The smallest absolute Gasteiger partial charge is 0.0847 e. The third kappa shape index (κ3) is 5.91. The molecule has 0 radical (unpaired) electrons. The van der Waals surface area contributed by atoms with E-state index in [-0.39, 0.29) is 0 Å². The Hall–Kier alpha value is -2.34. The molecule has 0 saturated heterocycles. The maximum absolute atomic E-state index is 11.1. The van der Waals surface area contributed by atoms with E-state index in [2.05, 4.69) is 48.5 Å². The number of rotatable bonds is 9. The second-order valence-electron chi connectivity index (χ2n) is 7.70. The third-order valence-electron chi connectivity index (χ3n) is 5.45. The molecule has 0 fully saturated rings. The standard InChI is InChI=1S/C28H28O2P2/c29-27(21-31(23-13-5-1-6-14-23)24-15-7-2-8-16-24)28(30)22-32(25-17-9-3-10-18-25)26-19-11-4-12-20-26/h1-20,27-30H,21-22H2/t27-,28-/m0/s1. The Balaban J connectivity index is 1.55. The van der Waals surface area contributed by atoms with Gasteiger partial charge in [-0.1, -0.05) is 121 Å². The predicted molar refractivity (Wildman–Crippen MR) is 140 cm³/mol. The van der Waals surface area contributed by atoms with E-state index in [0.29, 0.717) is 12.3 Å². The first-order valence-corrected chi connectivity index (χ1v) is 13.9. The molecule has 0 aliphatic rings. The van der Waals surface area contributed by atoms with Crippen LogP contribution in [0.5, 0.6) is 0 Å². The third-order valence-corrected chi connectivity index (χ3v) is 10.6. The predicted octanol–water partition coefficient (Wildman–Crippen LogP) is 3.97. The van der Waals surface area contributed by atoms with Gasteiger partial charge < -0.3 is 10.2 Å². The van der Waals surface area contributed by atoms with Crippen LogP contribution in [0.25, 0.3) is 0 Å². The van der Waals surface area contributed by atoms with Gasteiger partial charge in [-0.25, -0.2) is 0 Å². The van der Waals surface area contributed by atoms with E-state index < -0.39 is 28.1 Å². The Morgan fingerprint density at radius 2 is 0.625 bits per heavy atom. The first-order chi connectivity index (χ1) is 15.7. The van der Waals surface area contributed by atoms with Crippen LogP contribution in [0.1, 0.15) is 0 Å². The van der Waals surface area contributed by atoms with Gasteiger partial charge in [0.25, 0.3) is 0 Å². The van der Waals surface area contributed by atoms with E-state index in [1.807, 2.05) is 72.8 Å². The van der Waals surface area contributed by atoms with Crippen molar-refractivity contribution in [2.75, 3.05) is 12.3 Å². The SMILES string of the molecule is O[C@@H](CP(c1ccccc1)c1ccccc1)[C@@H](O)CP(c1ccccc1)c1ccccc1. The zero-order valence-corrected chi connectivity index (χ0v) is 19.7. The van der Waals surface area contributed by atoms with E-state index in [9.17, 15) is 10.2 Å². The zero-order valence-electron chi connectivity index (χ0n) is 17.9. The Morgan fingerprint density at radius 1 is 0.406 bits per heavy atom. The van der Waals surface area contributed by atoms with Crippen molar-refractivity contribution in [1.29, 1.82) is 0 Å². The van der Waals surface area contributed by atoms with E-state index >= 15 is 0 Å². The van der Waals surface area contributed by atoms with Gasteiger partial charge in [-0.3, -0.25) is 0 Å². The van der Waals surface area contributed by atoms with E-state index in [0.717, 1.165) is 0 Å². The van der Waals surface area contributed by atoms with Gasteiger partial charge >= 0.3 is 0 Å².